The molecule has 1 aliphatic rings. The molecule has 0 saturated carbocycles. The van der Waals surface area contributed by atoms with Crippen molar-refractivity contribution in [2.45, 2.75) is 13.0 Å². The maximum absolute atomic E-state index is 12.2. The van der Waals surface area contributed by atoms with Gasteiger partial charge in [0, 0.05) is 41.0 Å². The predicted molar refractivity (Wildman–Crippen MR) is 105 cm³/mol. The van der Waals surface area contributed by atoms with Gasteiger partial charge in [-0.3, -0.25) is 0 Å². The zero-order valence-electron chi connectivity index (χ0n) is 15.4. The molecule has 10 heteroatoms. The van der Waals surface area contributed by atoms with Crippen molar-refractivity contribution in [3.63, 3.8) is 0 Å². The highest BCUT2D eigenvalue weighted by molar-refractivity contribution is 7.92. The third kappa shape index (κ3) is 3.76. The summed E-state index contributed by atoms with van der Waals surface area (Å²) < 4.78 is 22.1. The number of pyridine rings is 1. The van der Waals surface area contributed by atoms with E-state index in [1.165, 1.54) is 0 Å². The topological polar surface area (TPSA) is 109 Å². The van der Waals surface area contributed by atoms with Gasteiger partial charge in [-0.2, -0.15) is 4.36 Å². The fourth-order valence-electron chi connectivity index (χ4n) is 3.06. The van der Waals surface area contributed by atoms with E-state index < -0.39 is 9.73 Å². The number of hydrogen-bond donors (Lipinski definition) is 1. The largest absolute Gasteiger partial charge is 0.377 e. The Hall–Kier alpha value is -2.59. The summed E-state index contributed by atoms with van der Waals surface area (Å²) in [6, 6.07) is 3.77. The Bertz CT molecular complexity index is 1100. The fraction of sp³-hybridized carbons (Fsp3) is 0.412. The first-order valence-corrected chi connectivity index (χ1v) is 10.9. The molecule has 0 unspecified atom stereocenters. The van der Waals surface area contributed by atoms with E-state index in [0.717, 1.165) is 17.9 Å². The van der Waals surface area contributed by atoms with Crippen LogP contribution in [0.1, 0.15) is 6.92 Å². The van der Waals surface area contributed by atoms with Crippen LogP contribution < -0.4 is 4.90 Å². The van der Waals surface area contributed by atoms with E-state index in [2.05, 4.69) is 36.1 Å². The van der Waals surface area contributed by atoms with Gasteiger partial charge in [0.2, 0.25) is 0 Å². The highest BCUT2D eigenvalue weighted by atomic mass is 32.2. The second-order valence-electron chi connectivity index (χ2n) is 6.76. The van der Waals surface area contributed by atoms with E-state index in [1.807, 2.05) is 6.07 Å². The van der Waals surface area contributed by atoms with Crippen LogP contribution >= 0.6 is 0 Å². The van der Waals surface area contributed by atoms with E-state index in [0.29, 0.717) is 36.0 Å². The van der Waals surface area contributed by atoms with E-state index in [1.54, 1.807) is 31.1 Å². The minimum absolute atomic E-state index is 0.171. The van der Waals surface area contributed by atoms with Crippen LogP contribution in [0, 0.1) is 0 Å². The molecule has 142 valence electrons. The Morgan fingerprint density at radius 2 is 2.19 bits per heavy atom. The lowest BCUT2D eigenvalue weighted by Crippen LogP contribution is -2.44. The van der Waals surface area contributed by atoms with Gasteiger partial charge in [0.05, 0.1) is 31.1 Å². The Balaban J connectivity index is 1.91. The van der Waals surface area contributed by atoms with Crippen molar-refractivity contribution >= 4 is 32.5 Å². The first kappa shape index (κ1) is 17.8. The number of aromatic amines is 1. The molecule has 0 bridgehead atoms. The number of nitrogens with zero attached hydrogens (tertiary/aromatic N) is 6. The van der Waals surface area contributed by atoms with Gasteiger partial charge in [-0.1, -0.05) is 0 Å². The standard InChI is InChI=1S/C17H21N7O2S/c1-11-9-26-7-6-24(11)14-8-13(23-27(2,3)25)21-16(22-14)12-4-5-18-17-15(12)19-10-20-17/h4-5,8,10-11H,6-7,9H2,1-3H3,(H,18,19,20)/t11-/m1/s1. The number of aromatic nitrogens is 5. The molecule has 1 fully saturated rings. The molecular formula is C17H21N7O2S. The number of anilines is 1. The lowest BCUT2D eigenvalue weighted by Gasteiger charge is -2.34. The summed E-state index contributed by atoms with van der Waals surface area (Å²) in [6.45, 7) is 4.06. The molecule has 1 aliphatic heterocycles. The number of H-pyrrole nitrogens is 1. The molecule has 4 rings (SSSR count). The number of rotatable bonds is 3. The minimum atomic E-state index is -2.36. The van der Waals surface area contributed by atoms with Gasteiger partial charge >= 0.3 is 0 Å². The highest BCUT2D eigenvalue weighted by Gasteiger charge is 2.22. The molecule has 0 amide bonds. The molecule has 0 aromatic carbocycles. The van der Waals surface area contributed by atoms with E-state index in [9.17, 15) is 4.21 Å². The Morgan fingerprint density at radius 3 is 2.96 bits per heavy atom. The molecule has 3 aromatic rings. The van der Waals surface area contributed by atoms with Crippen LogP contribution in [0.5, 0.6) is 0 Å². The molecule has 4 heterocycles. The zero-order chi connectivity index (χ0) is 19.0. The molecule has 0 aliphatic carbocycles. The molecule has 3 aromatic heterocycles. The summed E-state index contributed by atoms with van der Waals surface area (Å²) in [7, 11) is -2.36. The molecule has 0 radical (unpaired) electrons. The van der Waals surface area contributed by atoms with Crippen LogP contribution in [0.15, 0.2) is 29.0 Å². The van der Waals surface area contributed by atoms with Crippen molar-refractivity contribution in [2.75, 3.05) is 37.2 Å². The van der Waals surface area contributed by atoms with Gasteiger partial charge in [-0.25, -0.2) is 24.1 Å². The molecule has 0 spiro atoms. The molecule has 9 nitrogen and oxygen atoms in total. The quantitative estimate of drug-likeness (QED) is 0.732. The van der Waals surface area contributed by atoms with Gasteiger partial charge in [-0.05, 0) is 13.0 Å². The lowest BCUT2D eigenvalue weighted by atomic mass is 10.2. The van der Waals surface area contributed by atoms with E-state index >= 15 is 0 Å². The van der Waals surface area contributed by atoms with Crippen molar-refractivity contribution in [1.82, 2.24) is 24.9 Å². The number of hydrogen-bond acceptors (Lipinski definition) is 8. The molecule has 1 saturated heterocycles. The van der Waals surface area contributed by atoms with Crippen molar-refractivity contribution in [3.05, 3.63) is 24.7 Å². The second kappa shape index (κ2) is 6.86. The normalized spacial score (nSPS) is 18.0. The van der Waals surface area contributed by atoms with Crippen molar-refractivity contribution < 1.29 is 8.95 Å². The Labute approximate surface area is 157 Å². The van der Waals surface area contributed by atoms with Gasteiger partial charge in [0.25, 0.3) is 0 Å². The third-order valence-electron chi connectivity index (χ3n) is 4.23. The average molecular weight is 387 g/mol. The van der Waals surface area contributed by atoms with Crippen LogP contribution in [-0.4, -0.2) is 67.4 Å². The smallest absolute Gasteiger partial charge is 0.167 e. The summed E-state index contributed by atoms with van der Waals surface area (Å²) in [4.78, 5) is 23.1. The fourth-order valence-corrected chi connectivity index (χ4v) is 3.60. The maximum atomic E-state index is 12.2. The predicted octanol–water partition coefficient (Wildman–Crippen LogP) is 2.00. The average Bonchev–Trinajstić information content (AvgIpc) is 3.09. The number of fused-ring (bicyclic) bond motifs is 1. The summed E-state index contributed by atoms with van der Waals surface area (Å²) >= 11 is 0. The summed E-state index contributed by atoms with van der Waals surface area (Å²) in [6.07, 6.45) is 6.45. The van der Waals surface area contributed by atoms with Gasteiger partial charge in [0.15, 0.2) is 17.3 Å². The zero-order valence-corrected chi connectivity index (χ0v) is 16.2. The first-order chi connectivity index (χ1) is 12.9. The SMILES string of the molecule is C[C@@H]1COCCN1c1cc(N=S(C)(C)=O)nc(-c2ccnc3[nH]cnc23)n1. The van der Waals surface area contributed by atoms with Crippen molar-refractivity contribution in [1.29, 1.82) is 0 Å². The van der Waals surface area contributed by atoms with Crippen LogP contribution in [-0.2, 0) is 14.5 Å². The van der Waals surface area contributed by atoms with Crippen LogP contribution in [0.3, 0.4) is 0 Å². The third-order valence-corrected chi connectivity index (χ3v) is 4.86. The van der Waals surface area contributed by atoms with Crippen LogP contribution in [0.25, 0.3) is 22.6 Å². The molecule has 27 heavy (non-hydrogen) atoms. The van der Waals surface area contributed by atoms with Crippen LogP contribution in [0.2, 0.25) is 0 Å². The number of nitrogens with one attached hydrogen (secondary N) is 1. The minimum Gasteiger partial charge on any atom is -0.377 e. The number of imidazole rings is 1. The Morgan fingerprint density at radius 1 is 1.33 bits per heavy atom. The van der Waals surface area contributed by atoms with Gasteiger partial charge in [0.1, 0.15) is 11.3 Å². The van der Waals surface area contributed by atoms with E-state index in [4.69, 9.17) is 9.72 Å². The molecule has 1 atom stereocenters. The second-order valence-corrected chi connectivity index (χ2v) is 9.30. The monoisotopic (exact) mass is 387 g/mol. The maximum Gasteiger partial charge on any atom is 0.167 e. The summed E-state index contributed by atoms with van der Waals surface area (Å²) in [5, 5.41) is 0. The summed E-state index contributed by atoms with van der Waals surface area (Å²) in [5.41, 5.74) is 2.10. The van der Waals surface area contributed by atoms with Gasteiger partial charge in [-0.15, -0.1) is 0 Å². The van der Waals surface area contributed by atoms with Crippen molar-refractivity contribution in [3.8, 4) is 11.4 Å². The molecule has 1 N–H and O–H groups in total. The summed E-state index contributed by atoms with van der Waals surface area (Å²) in [5.74, 6) is 1.61. The number of morpholine rings is 1. The van der Waals surface area contributed by atoms with Crippen LogP contribution in [0.4, 0.5) is 11.6 Å². The molecular weight excluding hydrogens is 366 g/mol. The Kier molecular flexibility index (Phi) is 4.52. The number of ether oxygens (including phenoxy) is 1. The first-order valence-electron chi connectivity index (χ1n) is 8.60. The lowest BCUT2D eigenvalue weighted by molar-refractivity contribution is 0.0985. The van der Waals surface area contributed by atoms with Crippen molar-refractivity contribution in [2.24, 2.45) is 4.36 Å². The highest BCUT2D eigenvalue weighted by Crippen LogP contribution is 2.29. The van der Waals surface area contributed by atoms with E-state index in [-0.39, 0.29) is 6.04 Å². The van der Waals surface area contributed by atoms with Gasteiger partial charge < -0.3 is 14.6 Å².